The third-order valence-corrected chi connectivity index (χ3v) is 3.57. The highest BCUT2D eigenvalue weighted by molar-refractivity contribution is 5.99. The van der Waals surface area contributed by atoms with Crippen molar-refractivity contribution in [2.75, 3.05) is 10.6 Å². The van der Waals surface area contributed by atoms with E-state index in [9.17, 15) is 18.0 Å². The number of rotatable bonds is 4. The molecule has 4 aromatic rings. The molecule has 0 unspecified atom stereocenters. The van der Waals surface area contributed by atoms with Crippen molar-refractivity contribution < 1.29 is 27.2 Å². The largest absolute Gasteiger partial charge is 0.452 e. The summed E-state index contributed by atoms with van der Waals surface area (Å²) in [4.78, 5) is 19.9. The van der Waals surface area contributed by atoms with Gasteiger partial charge in [0.2, 0.25) is 11.6 Å². The minimum absolute atomic E-state index is 0.300. The summed E-state index contributed by atoms with van der Waals surface area (Å²) < 4.78 is 47.2. The summed E-state index contributed by atoms with van der Waals surface area (Å²) in [5, 5.41) is 14.9. The van der Waals surface area contributed by atoms with Crippen LogP contribution >= 0.6 is 0 Å². The second kappa shape index (κ2) is 7.10. The van der Waals surface area contributed by atoms with Crippen molar-refractivity contribution >= 4 is 28.6 Å². The maximum Gasteiger partial charge on any atom is 0.452 e. The van der Waals surface area contributed by atoms with E-state index in [4.69, 9.17) is 4.74 Å². The second-order valence-electron chi connectivity index (χ2n) is 5.59. The van der Waals surface area contributed by atoms with Crippen molar-refractivity contribution in [2.24, 2.45) is 0 Å². The Labute approximate surface area is 159 Å². The molecule has 0 aliphatic rings. The Morgan fingerprint density at radius 3 is 2.66 bits per heavy atom. The van der Waals surface area contributed by atoms with Gasteiger partial charge in [0.25, 0.3) is 0 Å². The Balaban J connectivity index is 1.38. The first-order chi connectivity index (χ1) is 13.9. The van der Waals surface area contributed by atoms with Crippen molar-refractivity contribution in [3.8, 4) is 11.6 Å². The smallest absolute Gasteiger partial charge is 0.438 e. The number of carbonyl (C=O) groups is 1. The van der Waals surface area contributed by atoms with E-state index < -0.39 is 18.0 Å². The fraction of sp³-hybridized carbons (Fsp3) is 0.0625. The molecule has 3 heterocycles. The summed E-state index contributed by atoms with van der Waals surface area (Å²) in [6, 6.07) is 5.99. The van der Waals surface area contributed by atoms with E-state index in [0.29, 0.717) is 34.4 Å². The van der Waals surface area contributed by atoms with Gasteiger partial charge in [0, 0.05) is 11.8 Å². The van der Waals surface area contributed by atoms with Gasteiger partial charge in [-0.2, -0.15) is 18.3 Å². The van der Waals surface area contributed by atoms with Crippen LogP contribution in [0.15, 0.2) is 47.4 Å². The molecule has 148 valence electrons. The number of hydrogen-bond acceptors (Lipinski definition) is 7. The van der Waals surface area contributed by atoms with Crippen molar-refractivity contribution in [2.45, 2.75) is 6.18 Å². The monoisotopic (exact) mass is 405 g/mol. The number of H-pyrrole nitrogens is 1. The lowest BCUT2D eigenvalue weighted by molar-refractivity contribution is -0.155. The normalized spacial score (nSPS) is 11.4. The number of nitrogens with zero attached hydrogens (tertiary/aromatic N) is 4. The van der Waals surface area contributed by atoms with Crippen LogP contribution in [0.1, 0.15) is 5.76 Å². The van der Waals surface area contributed by atoms with Crippen LogP contribution in [0.25, 0.3) is 11.0 Å². The van der Waals surface area contributed by atoms with Crippen LogP contribution in [0.3, 0.4) is 0 Å². The predicted molar refractivity (Wildman–Crippen MR) is 92.3 cm³/mol. The number of urea groups is 1. The Hall–Kier alpha value is -4.16. The van der Waals surface area contributed by atoms with E-state index in [2.05, 4.69) is 40.5 Å². The summed E-state index contributed by atoms with van der Waals surface area (Å²) in [7, 11) is 0. The molecule has 1 aromatic carbocycles. The Kier molecular flexibility index (Phi) is 4.46. The number of halogens is 3. The molecule has 0 fully saturated rings. The molecular formula is C16H10F3N7O3. The fourth-order valence-corrected chi connectivity index (χ4v) is 2.29. The van der Waals surface area contributed by atoms with Gasteiger partial charge in [-0.05, 0) is 24.3 Å². The molecule has 10 nitrogen and oxygen atoms in total. The number of aromatic amines is 1. The SMILES string of the molecule is O=C(Nc1ccc(Oc2ncnc3[nH]ncc23)cc1)Nc1cc(C(F)(F)F)on1. The van der Waals surface area contributed by atoms with Gasteiger partial charge in [-0.15, -0.1) is 0 Å². The fourth-order valence-electron chi connectivity index (χ4n) is 2.29. The molecule has 29 heavy (non-hydrogen) atoms. The third kappa shape index (κ3) is 4.07. The van der Waals surface area contributed by atoms with Gasteiger partial charge in [-0.1, -0.05) is 5.16 Å². The van der Waals surface area contributed by atoms with Gasteiger partial charge in [0.15, 0.2) is 11.5 Å². The lowest BCUT2D eigenvalue weighted by atomic mass is 10.3. The number of aromatic nitrogens is 5. The topological polar surface area (TPSA) is 131 Å². The molecule has 3 aromatic heterocycles. The first-order valence-electron chi connectivity index (χ1n) is 7.92. The van der Waals surface area contributed by atoms with Gasteiger partial charge < -0.3 is 14.6 Å². The zero-order valence-electron chi connectivity index (χ0n) is 14.2. The summed E-state index contributed by atoms with van der Waals surface area (Å²) >= 11 is 0. The first kappa shape index (κ1) is 18.2. The van der Waals surface area contributed by atoms with Crippen LogP contribution in [-0.2, 0) is 6.18 Å². The molecular weight excluding hydrogens is 395 g/mol. The van der Waals surface area contributed by atoms with Gasteiger partial charge in [-0.25, -0.2) is 14.8 Å². The van der Waals surface area contributed by atoms with E-state index in [-0.39, 0.29) is 5.82 Å². The van der Waals surface area contributed by atoms with Crippen LogP contribution in [0, 0.1) is 0 Å². The van der Waals surface area contributed by atoms with Crippen LogP contribution in [0.2, 0.25) is 0 Å². The van der Waals surface area contributed by atoms with Gasteiger partial charge in [0.1, 0.15) is 17.5 Å². The summed E-state index contributed by atoms with van der Waals surface area (Å²) in [5.41, 5.74) is 0.886. The summed E-state index contributed by atoms with van der Waals surface area (Å²) in [5.74, 6) is -0.953. The number of hydrogen-bond donors (Lipinski definition) is 3. The lowest BCUT2D eigenvalue weighted by Gasteiger charge is -2.08. The van der Waals surface area contributed by atoms with E-state index in [1.54, 1.807) is 12.1 Å². The summed E-state index contributed by atoms with van der Waals surface area (Å²) in [6.07, 6.45) is -1.84. The summed E-state index contributed by atoms with van der Waals surface area (Å²) in [6.45, 7) is 0. The van der Waals surface area contributed by atoms with Crippen molar-refractivity contribution in [1.29, 1.82) is 0 Å². The Morgan fingerprint density at radius 1 is 1.14 bits per heavy atom. The molecule has 0 saturated carbocycles. The quantitative estimate of drug-likeness (QED) is 0.471. The minimum atomic E-state index is -4.69. The Bertz CT molecular complexity index is 1150. The lowest BCUT2D eigenvalue weighted by Crippen LogP contribution is -2.19. The number of alkyl halides is 3. The van der Waals surface area contributed by atoms with Gasteiger partial charge in [0.05, 0.1) is 6.20 Å². The molecule has 0 aliphatic carbocycles. The molecule has 2 amide bonds. The first-order valence-corrected chi connectivity index (χ1v) is 7.92. The van der Waals surface area contributed by atoms with E-state index in [1.165, 1.54) is 24.7 Å². The molecule has 0 aliphatic heterocycles. The number of amides is 2. The Morgan fingerprint density at radius 2 is 1.93 bits per heavy atom. The van der Waals surface area contributed by atoms with Crippen LogP contribution in [0.4, 0.5) is 29.5 Å². The maximum atomic E-state index is 12.5. The molecule has 3 N–H and O–H groups in total. The third-order valence-electron chi connectivity index (χ3n) is 3.57. The van der Waals surface area contributed by atoms with E-state index in [1.807, 2.05) is 0 Å². The number of nitrogens with one attached hydrogen (secondary N) is 3. The highest BCUT2D eigenvalue weighted by Gasteiger charge is 2.36. The van der Waals surface area contributed by atoms with Crippen LogP contribution in [0.5, 0.6) is 11.6 Å². The molecule has 0 saturated heterocycles. The van der Waals surface area contributed by atoms with Crippen molar-refractivity contribution in [3.05, 3.63) is 48.6 Å². The number of ether oxygens (including phenoxy) is 1. The molecule has 0 bridgehead atoms. The number of benzene rings is 1. The maximum absolute atomic E-state index is 12.5. The zero-order chi connectivity index (χ0) is 20.4. The predicted octanol–water partition coefficient (Wildman–Crippen LogP) is 3.80. The molecule has 4 rings (SSSR count). The molecule has 13 heteroatoms. The van der Waals surface area contributed by atoms with Crippen LogP contribution in [-0.4, -0.2) is 31.4 Å². The second-order valence-corrected chi connectivity index (χ2v) is 5.59. The number of carbonyl (C=O) groups excluding carboxylic acids is 1. The van der Waals surface area contributed by atoms with E-state index in [0.717, 1.165) is 0 Å². The van der Waals surface area contributed by atoms with Crippen LogP contribution < -0.4 is 15.4 Å². The average Bonchev–Trinajstić information content (AvgIpc) is 3.33. The number of anilines is 2. The van der Waals surface area contributed by atoms with Crippen molar-refractivity contribution in [1.82, 2.24) is 25.3 Å². The molecule has 0 atom stereocenters. The highest BCUT2D eigenvalue weighted by atomic mass is 19.4. The van der Waals surface area contributed by atoms with Gasteiger partial charge >= 0.3 is 12.2 Å². The van der Waals surface area contributed by atoms with Crippen molar-refractivity contribution in [3.63, 3.8) is 0 Å². The number of fused-ring (bicyclic) bond motifs is 1. The standard InChI is InChI=1S/C16H10F3N7O3/c17-16(18,19)11-5-12(26-29-11)24-15(27)23-8-1-3-9(4-2-8)28-14-10-6-22-25-13(10)20-7-21-14/h1-7H,(H,20,21,22,25)(H2,23,24,26,27). The van der Waals surface area contributed by atoms with Gasteiger partial charge in [-0.3, -0.25) is 10.4 Å². The molecule has 0 radical (unpaired) electrons. The molecule has 0 spiro atoms. The zero-order valence-corrected chi connectivity index (χ0v) is 14.2. The minimum Gasteiger partial charge on any atom is -0.438 e. The van der Waals surface area contributed by atoms with E-state index >= 15 is 0 Å². The average molecular weight is 405 g/mol. The highest BCUT2D eigenvalue weighted by Crippen LogP contribution is 2.30.